The van der Waals surface area contributed by atoms with Crippen LogP contribution in [0, 0.1) is 24.0 Å². The Morgan fingerprint density at radius 2 is 1.73 bits per heavy atom. The average Bonchev–Trinajstić information content (AvgIpc) is 2.63. The Morgan fingerprint density at radius 1 is 1.17 bits per heavy atom. The Hall–Kier alpha value is -2.28. The summed E-state index contributed by atoms with van der Waals surface area (Å²) >= 11 is 4.86. The molecule has 0 spiro atoms. The van der Waals surface area contributed by atoms with Gasteiger partial charge in [0.2, 0.25) is 0 Å². The minimum absolute atomic E-state index is 0.0573. The summed E-state index contributed by atoms with van der Waals surface area (Å²) in [5.74, 6) is -1.95. The van der Waals surface area contributed by atoms with Gasteiger partial charge in [-0.15, -0.1) is 0 Å². The molecule has 0 amide bonds. The Kier molecular flexibility index (Phi) is 7.07. The second-order valence-electron chi connectivity index (χ2n) is 9.48. The summed E-state index contributed by atoms with van der Waals surface area (Å²) < 4.78 is 33.7. The van der Waals surface area contributed by atoms with Gasteiger partial charge in [-0.3, -0.25) is 4.79 Å². The Labute approximate surface area is 182 Å². The Morgan fingerprint density at radius 3 is 2.20 bits per heavy atom. The van der Waals surface area contributed by atoms with Crippen molar-refractivity contribution in [3.63, 3.8) is 0 Å². The van der Waals surface area contributed by atoms with Gasteiger partial charge in [0.05, 0.1) is 5.92 Å². The van der Waals surface area contributed by atoms with Crippen molar-refractivity contribution in [1.82, 2.24) is 9.97 Å². The van der Waals surface area contributed by atoms with Gasteiger partial charge < -0.3 is 4.74 Å². The number of esters is 1. The van der Waals surface area contributed by atoms with Crippen LogP contribution in [0.25, 0.3) is 0 Å². The molecule has 30 heavy (non-hydrogen) atoms. The van der Waals surface area contributed by atoms with Gasteiger partial charge in [0.25, 0.3) is 0 Å². The van der Waals surface area contributed by atoms with Crippen molar-refractivity contribution in [2.24, 2.45) is 5.41 Å². The zero-order valence-electron chi connectivity index (χ0n) is 18.5. The molecule has 0 saturated heterocycles. The van der Waals surface area contributed by atoms with E-state index < -0.39 is 28.9 Å². The zero-order chi connectivity index (χ0) is 22.9. The van der Waals surface area contributed by atoms with Crippen LogP contribution in [-0.2, 0) is 21.6 Å². The number of thiocarbonyl (C=S) groups is 1. The van der Waals surface area contributed by atoms with E-state index in [2.05, 4.69) is 9.97 Å². The van der Waals surface area contributed by atoms with Crippen LogP contribution in [0.15, 0.2) is 18.5 Å². The van der Waals surface area contributed by atoms with Crippen molar-refractivity contribution in [2.45, 2.75) is 66.4 Å². The maximum atomic E-state index is 14.3. The largest absolute Gasteiger partial charge is 0.460 e. The summed E-state index contributed by atoms with van der Waals surface area (Å²) in [6, 6.07) is 1.15. The summed E-state index contributed by atoms with van der Waals surface area (Å²) in [6.07, 6.45) is 3.27. The number of ether oxygens (including phenoxy) is 1. The molecule has 7 heteroatoms. The molecule has 1 aromatic carbocycles. The molecule has 1 atom stereocenters. The zero-order valence-corrected chi connectivity index (χ0v) is 19.3. The van der Waals surface area contributed by atoms with Crippen molar-refractivity contribution in [3.05, 3.63) is 58.2 Å². The van der Waals surface area contributed by atoms with Crippen LogP contribution in [-0.4, -0.2) is 21.3 Å². The van der Waals surface area contributed by atoms with E-state index in [-0.39, 0.29) is 28.7 Å². The number of hydrogen-bond donors (Lipinski definition) is 0. The van der Waals surface area contributed by atoms with Crippen molar-refractivity contribution in [1.29, 1.82) is 0 Å². The van der Waals surface area contributed by atoms with Crippen LogP contribution < -0.4 is 0 Å². The molecule has 1 aromatic heterocycles. The Bertz CT molecular complexity index is 946. The molecule has 4 nitrogen and oxygen atoms in total. The summed E-state index contributed by atoms with van der Waals surface area (Å²) in [7, 11) is 0. The van der Waals surface area contributed by atoms with Crippen LogP contribution in [0.4, 0.5) is 8.78 Å². The lowest BCUT2D eigenvalue weighted by atomic mass is 9.77. The van der Waals surface area contributed by atoms with Gasteiger partial charge in [0.1, 0.15) is 24.1 Å². The first kappa shape index (κ1) is 24.0. The van der Waals surface area contributed by atoms with Crippen molar-refractivity contribution in [2.75, 3.05) is 0 Å². The van der Waals surface area contributed by atoms with E-state index in [1.165, 1.54) is 6.92 Å². The Balaban J connectivity index is 2.31. The van der Waals surface area contributed by atoms with Gasteiger partial charge in [-0.05, 0) is 18.4 Å². The molecule has 0 bridgehead atoms. The maximum Gasteiger partial charge on any atom is 0.314 e. The minimum Gasteiger partial charge on any atom is -0.460 e. The fourth-order valence-corrected chi connectivity index (χ4v) is 3.38. The second-order valence-corrected chi connectivity index (χ2v) is 9.72. The quantitative estimate of drug-likeness (QED) is 0.454. The molecule has 2 rings (SSSR count). The van der Waals surface area contributed by atoms with E-state index in [4.69, 9.17) is 17.0 Å². The molecule has 0 aliphatic rings. The topological polar surface area (TPSA) is 52.1 Å². The van der Waals surface area contributed by atoms with E-state index >= 15 is 0 Å². The fourth-order valence-electron chi connectivity index (χ4n) is 3.13. The predicted octanol–water partition coefficient (Wildman–Crippen LogP) is 5.58. The molecule has 2 aromatic rings. The number of carbonyl (C=O) groups is 1. The van der Waals surface area contributed by atoms with Gasteiger partial charge in [0, 0.05) is 45.4 Å². The molecule has 0 saturated carbocycles. The number of benzene rings is 1. The van der Waals surface area contributed by atoms with Gasteiger partial charge >= 0.3 is 5.97 Å². The van der Waals surface area contributed by atoms with Gasteiger partial charge in [0.15, 0.2) is 0 Å². The smallest absolute Gasteiger partial charge is 0.314 e. The van der Waals surface area contributed by atoms with E-state index in [0.717, 1.165) is 11.4 Å². The number of carbonyl (C=O) groups excluding carboxylic acids is 1. The van der Waals surface area contributed by atoms with Gasteiger partial charge in [-0.1, -0.05) is 53.8 Å². The normalized spacial score (nSPS) is 13.1. The summed E-state index contributed by atoms with van der Waals surface area (Å²) in [5, 5.41) is 1.13. The third-order valence-corrected chi connectivity index (χ3v) is 5.07. The SMILES string of the molecule is Cc1c(F)cc(COC(=O)C(c2cnc(C(C)(C)C)nc2)C(C)(C)C)c(C=S)c1F. The first-order valence-corrected chi connectivity index (χ1v) is 10.2. The minimum atomic E-state index is -0.741. The molecular weight excluding hydrogens is 406 g/mol. The molecule has 0 fully saturated rings. The number of nitrogens with zero attached hydrogens (tertiary/aromatic N) is 2. The third-order valence-electron chi connectivity index (χ3n) is 4.84. The molecule has 0 radical (unpaired) electrons. The standard InChI is InChI=1S/C23H28F2N2O2S/c1-13-17(24)8-14(16(12-30)19(13)25)11-29-20(28)18(22(2,3)4)15-9-26-21(27-10-15)23(5,6)7/h8-10,12,18H,11H2,1-7H3. The van der Waals surface area contributed by atoms with Crippen LogP contribution in [0.3, 0.4) is 0 Å². The lowest BCUT2D eigenvalue weighted by Crippen LogP contribution is -2.29. The molecule has 0 aliphatic carbocycles. The maximum absolute atomic E-state index is 14.3. The summed E-state index contributed by atoms with van der Waals surface area (Å²) in [4.78, 5) is 21.8. The first-order chi connectivity index (χ1) is 13.8. The molecule has 1 heterocycles. The third kappa shape index (κ3) is 5.25. The van der Waals surface area contributed by atoms with E-state index in [1.54, 1.807) is 12.4 Å². The highest BCUT2D eigenvalue weighted by molar-refractivity contribution is 7.79. The average molecular weight is 435 g/mol. The molecule has 1 unspecified atom stereocenters. The van der Waals surface area contributed by atoms with Gasteiger partial charge in [-0.2, -0.15) is 0 Å². The summed E-state index contributed by atoms with van der Waals surface area (Å²) in [5.41, 5.74) is 0.0439. The second kappa shape index (κ2) is 8.84. The first-order valence-electron chi connectivity index (χ1n) is 9.69. The van der Waals surface area contributed by atoms with Gasteiger partial charge in [-0.25, -0.2) is 18.7 Å². The summed E-state index contributed by atoms with van der Waals surface area (Å²) in [6.45, 7) is 12.8. The highest BCUT2D eigenvalue weighted by atomic mass is 32.1. The monoisotopic (exact) mass is 434 g/mol. The van der Waals surface area contributed by atoms with Crippen molar-refractivity contribution in [3.8, 4) is 0 Å². The van der Waals surface area contributed by atoms with Crippen LogP contribution in [0.5, 0.6) is 0 Å². The van der Waals surface area contributed by atoms with Crippen LogP contribution in [0.2, 0.25) is 0 Å². The molecule has 0 N–H and O–H groups in total. The highest BCUT2D eigenvalue weighted by Gasteiger charge is 2.35. The highest BCUT2D eigenvalue weighted by Crippen LogP contribution is 2.36. The number of hydrogen-bond acceptors (Lipinski definition) is 5. The van der Waals surface area contributed by atoms with E-state index in [0.29, 0.717) is 11.4 Å². The lowest BCUT2D eigenvalue weighted by Gasteiger charge is -2.29. The predicted molar refractivity (Wildman–Crippen MR) is 117 cm³/mol. The van der Waals surface area contributed by atoms with Crippen molar-refractivity contribution < 1.29 is 18.3 Å². The molecule has 0 aliphatic heterocycles. The number of rotatable bonds is 5. The molecule has 162 valence electrons. The lowest BCUT2D eigenvalue weighted by molar-refractivity contribution is -0.149. The van der Waals surface area contributed by atoms with Crippen LogP contribution in [0.1, 0.15) is 75.5 Å². The van der Waals surface area contributed by atoms with E-state index in [1.807, 2.05) is 41.5 Å². The number of aromatic nitrogens is 2. The fraction of sp³-hybridized carbons (Fsp3) is 0.478. The van der Waals surface area contributed by atoms with Crippen LogP contribution >= 0.6 is 12.2 Å². The van der Waals surface area contributed by atoms with Crippen molar-refractivity contribution >= 4 is 23.6 Å². The number of halogens is 2. The molecular formula is C23H28F2N2O2S. The van der Waals surface area contributed by atoms with E-state index in [9.17, 15) is 13.6 Å².